The maximum Gasteiger partial charge on any atom is 0.246 e. The van der Waals surface area contributed by atoms with Crippen molar-refractivity contribution in [3.05, 3.63) is 77.5 Å². The first-order valence-electron chi connectivity index (χ1n) is 9.08. The van der Waals surface area contributed by atoms with E-state index in [4.69, 9.17) is 0 Å². The lowest BCUT2D eigenvalue weighted by atomic mass is 10.1. The highest BCUT2D eigenvalue weighted by molar-refractivity contribution is 5.99. The van der Waals surface area contributed by atoms with E-state index in [1.54, 1.807) is 19.3 Å². The molecule has 0 aliphatic heterocycles. The molecule has 5 heteroatoms. The minimum atomic E-state index is -0.246. The Morgan fingerprint density at radius 2 is 1.71 bits per heavy atom. The fraction of sp³-hybridized carbons (Fsp3) is 0.174. The second-order valence-corrected chi connectivity index (χ2v) is 6.76. The van der Waals surface area contributed by atoms with Gasteiger partial charge < -0.3 is 10.2 Å². The van der Waals surface area contributed by atoms with E-state index >= 15 is 0 Å². The van der Waals surface area contributed by atoms with Gasteiger partial charge in [-0.3, -0.25) is 14.6 Å². The van der Waals surface area contributed by atoms with Crippen molar-refractivity contribution in [3.63, 3.8) is 0 Å². The molecule has 0 atom stereocenters. The van der Waals surface area contributed by atoms with Gasteiger partial charge in [0, 0.05) is 36.0 Å². The second kappa shape index (κ2) is 8.48. The summed E-state index contributed by atoms with van der Waals surface area (Å²) in [5.74, 6) is -0.474. The summed E-state index contributed by atoms with van der Waals surface area (Å²) in [6, 6.07) is 15.5. The smallest absolute Gasteiger partial charge is 0.246 e. The molecule has 142 valence electrons. The monoisotopic (exact) mass is 373 g/mol. The SMILES string of the molecule is Cc1cccc(C)c1NC(=O)CN(C)C(=O)/C=C/c1cccc2cccnc12. The molecule has 0 aliphatic rings. The van der Waals surface area contributed by atoms with Crippen LogP contribution in [0.15, 0.2) is 60.8 Å². The average Bonchev–Trinajstić information content (AvgIpc) is 2.69. The van der Waals surface area contributed by atoms with E-state index < -0.39 is 0 Å². The summed E-state index contributed by atoms with van der Waals surface area (Å²) in [5, 5.41) is 3.91. The molecule has 1 N–H and O–H groups in total. The second-order valence-electron chi connectivity index (χ2n) is 6.76. The molecule has 1 aromatic heterocycles. The number of rotatable bonds is 5. The lowest BCUT2D eigenvalue weighted by Crippen LogP contribution is -2.34. The van der Waals surface area contributed by atoms with E-state index in [0.29, 0.717) is 0 Å². The van der Waals surface area contributed by atoms with E-state index in [1.807, 2.05) is 62.4 Å². The molecule has 0 fully saturated rings. The topological polar surface area (TPSA) is 62.3 Å². The van der Waals surface area contributed by atoms with Crippen LogP contribution in [0.25, 0.3) is 17.0 Å². The van der Waals surface area contributed by atoms with Crippen LogP contribution in [0.2, 0.25) is 0 Å². The van der Waals surface area contributed by atoms with Crippen molar-refractivity contribution < 1.29 is 9.59 Å². The van der Waals surface area contributed by atoms with Crippen LogP contribution in [0.3, 0.4) is 0 Å². The van der Waals surface area contributed by atoms with E-state index in [9.17, 15) is 9.59 Å². The van der Waals surface area contributed by atoms with Gasteiger partial charge in [0.1, 0.15) is 0 Å². The van der Waals surface area contributed by atoms with Crippen molar-refractivity contribution in [2.45, 2.75) is 13.8 Å². The van der Waals surface area contributed by atoms with Crippen molar-refractivity contribution in [2.75, 3.05) is 18.9 Å². The number of carbonyl (C=O) groups is 2. The zero-order valence-electron chi connectivity index (χ0n) is 16.3. The number of aryl methyl sites for hydroxylation is 2. The van der Waals surface area contributed by atoms with Crippen LogP contribution >= 0.6 is 0 Å². The van der Waals surface area contributed by atoms with Gasteiger partial charge in [0.25, 0.3) is 0 Å². The number of anilines is 1. The molecule has 0 radical (unpaired) electrons. The number of likely N-dealkylation sites (N-methyl/N-ethyl adjacent to an activating group) is 1. The predicted octanol–water partition coefficient (Wildman–Crippen LogP) is 3.96. The number of amides is 2. The number of carbonyl (C=O) groups excluding carboxylic acids is 2. The van der Waals surface area contributed by atoms with Crippen LogP contribution in [-0.4, -0.2) is 35.3 Å². The first kappa shape index (κ1) is 19.3. The molecule has 5 nitrogen and oxygen atoms in total. The van der Waals surface area contributed by atoms with Gasteiger partial charge in [-0.25, -0.2) is 0 Å². The summed E-state index contributed by atoms with van der Waals surface area (Å²) < 4.78 is 0. The highest BCUT2D eigenvalue weighted by Gasteiger charge is 2.13. The summed E-state index contributed by atoms with van der Waals surface area (Å²) in [7, 11) is 1.61. The maximum atomic E-state index is 12.4. The van der Waals surface area contributed by atoms with E-state index in [1.165, 1.54) is 11.0 Å². The third kappa shape index (κ3) is 4.43. The molecule has 0 saturated heterocycles. The number of hydrogen-bond acceptors (Lipinski definition) is 3. The third-order valence-corrected chi connectivity index (χ3v) is 4.57. The number of para-hydroxylation sites is 2. The Labute approximate surface area is 164 Å². The van der Waals surface area contributed by atoms with Crippen molar-refractivity contribution in [1.29, 1.82) is 0 Å². The largest absolute Gasteiger partial charge is 0.333 e. The van der Waals surface area contributed by atoms with Crippen LogP contribution in [0.1, 0.15) is 16.7 Å². The Morgan fingerprint density at radius 1 is 1.04 bits per heavy atom. The Bertz CT molecular complexity index is 1030. The van der Waals surface area contributed by atoms with Crippen molar-refractivity contribution >= 4 is 34.5 Å². The van der Waals surface area contributed by atoms with Crippen LogP contribution in [-0.2, 0) is 9.59 Å². The number of aromatic nitrogens is 1. The minimum Gasteiger partial charge on any atom is -0.333 e. The molecule has 0 bridgehead atoms. The van der Waals surface area contributed by atoms with E-state index in [-0.39, 0.29) is 18.4 Å². The summed E-state index contributed by atoms with van der Waals surface area (Å²) in [5.41, 5.74) is 4.48. The molecular weight excluding hydrogens is 350 g/mol. The molecule has 2 aromatic carbocycles. The highest BCUT2D eigenvalue weighted by Crippen LogP contribution is 2.19. The van der Waals surface area contributed by atoms with Gasteiger partial charge in [0.05, 0.1) is 12.1 Å². The average molecular weight is 373 g/mol. The normalized spacial score (nSPS) is 11.0. The highest BCUT2D eigenvalue weighted by atomic mass is 16.2. The molecular formula is C23H23N3O2. The molecule has 0 aliphatic carbocycles. The van der Waals surface area contributed by atoms with Gasteiger partial charge in [-0.2, -0.15) is 0 Å². The first-order chi connectivity index (χ1) is 13.5. The van der Waals surface area contributed by atoms with Gasteiger partial charge in [-0.05, 0) is 37.1 Å². The van der Waals surface area contributed by atoms with Gasteiger partial charge in [0.2, 0.25) is 11.8 Å². The number of hydrogen-bond donors (Lipinski definition) is 1. The van der Waals surface area contributed by atoms with Gasteiger partial charge in [-0.15, -0.1) is 0 Å². The lowest BCUT2D eigenvalue weighted by molar-refractivity contribution is -0.129. The Hall–Kier alpha value is -3.47. The molecule has 0 saturated carbocycles. The zero-order valence-corrected chi connectivity index (χ0v) is 16.3. The Morgan fingerprint density at radius 3 is 2.46 bits per heavy atom. The fourth-order valence-electron chi connectivity index (χ4n) is 3.03. The zero-order chi connectivity index (χ0) is 20.1. The lowest BCUT2D eigenvalue weighted by Gasteiger charge is -2.16. The molecule has 0 unspecified atom stereocenters. The number of benzene rings is 2. The predicted molar refractivity (Wildman–Crippen MR) is 113 cm³/mol. The summed E-state index contributed by atoms with van der Waals surface area (Å²) >= 11 is 0. The summed E-state index contributed by atoms with van der Waals surface area (Å²) in [6.07, 6.45) is 4.93. The fourth-order valence-corrected chi connectivity index (χ4v) is 3.03. The van der Waals surface area contributed by atoms with Crippen LogP contribution in [0.5, 0.6) is 0 Å². The third-order valence-electron chi connectivity index (χ3n) is 4.57. The standard InChI is InChI=1S/C23H23N3O2/c1-16-7-4-8-17(2)22(16)25-20(27)15-26(3)21(28)13-12-19-10-5-9-18-11-6-14-24-23(18)19/h4-14H,15H2,1-3H3,(H,25,27)/b13-12+. The van der Waals surface area contributed by atoms with Crippen molar-refractivity contribution in [1.82, 2.24) is 9.88 Å². The first-order valence-corrected chi connectivity index (χ1v) is 9.08. The molecule has 1 heterocycles. The quantitative estimate of drug-likeness (QED) is 0.689. The molecule has 3 aromatic rings. The van der Waals surface area contributed by atoms with Gasteiger partial charge in [-0.1, -0.05) is 42.5 Å². The maximum absolute atomic E-state index is 12.4. The molecule has 0 spiro atoms. The van der Waals surface area contributed by atoms with Crippen LogP contribution in [0, 0.1) is 13.8 Å². The van der Waals surface area contributed by atoms with Crippen LogP contribution < -0.4 is 5.32 Å². The number of fused-ring (bicyclic) bond motifs is 1. The minimum absolute atomic E-state index is 0.0231. The number of nitrogens with zero attached hydrogens (tertiary/aromatic N) is 2. The van der Waals surface area contributed by atoms with E-state index in [2.05, 4.69) is 10.3 Å². The molecule has 2 amide bonds. The number of pyridine rings is 1. The van der Waals surface area contributed by atoms with E-state index in [0.717, 1.165) is 33.3 Å². The summed E-state index contributed by atoms with van der Waals surface area (Å²) in [6.45, 7) is 3.86. The molecule has 28 heavy (non-hydrogen) atoms. The van der Waals surface area contributed by atoms with Gasteiger partial charge in [0.15, 0.2) is 0 Å². The van der Waals surface area contributed by atoms with Crippen molar-refractivity contribution in [2.24, 2.45) is 0 Å². The molecule has 3 rings (SSSR count). The Kier molecular flexibility index (Phi) is 5.84. The summed E-state index contributed by atoms with van der Waals surface area (Å²) in [4.78, 5) is 30.5. The van der Waals surface area contributed by atoms with Gasteiger partial charge >= 0.3 is 0 Å². The van der Waals surface area contributed by atoms with Crippen molar-refractivity contribution in [3.8, 4) is 0 Å². The number of nitrogens with one attached hydrogen (secondary N) is 1. The Balaban J connectivity index is 1.66. The van der Waals surface area contributed by atoms with Crippen LogP contribution in [0.4, 0.5) is 5.69 Å².